The standard InChI is InChI=1S/C25H28F3N3O2/c1-33-22-8-7-19-11-20(14-29-13-17-4-2-6-21(10-17)25(26,27)28)24(30-23(19)12-22)31-9-3-5-18(15-31)16-32/h2,4,6-8,10-12,18,29,32H,3,5,9,13-16H2,1H3. The van der Waals surface area contributed by atoms with Gasteiger partial charge in [-0.25, -0.2) is 4.98 Å². The lowest BCUT2D eigenvalue weighted by atomic mass is 9.98. The average Bonchev–Trinajstić information content (AvgIpc) is 2.83. The number of ether oxygens (including phenoxy) is 1. The van der Waals surface area contributed by atoms with E-state index in [0.29, 0.717) is 18.7 Å². The van der Waals surface area contributed by atoms with E-state index in [1.165, 1.54) is 12.1 Å². The first-order valence-corrected chi connectivity index (χ1v) is 11.1. The molecule has 33 heavy (non-hydrogen) atoms. The van der Waals surface area contributed by atoms with E-state index in [1.807, 2.05) is 18.2 Å². The van der Waals surface area contributed by atoms with E-state index in [-0.39, 0.29) is 12.5 Å². The van der Waals surface area contributed by atoms with E-state index >= 15 is 0 Å². The number of anilines is 1. The van der Waals surface area contributed by atoms with Crippen molar-refractivity contribution in [3.05, 3.63) is 65.2 Å². The van der Waals surface area contributed by atoms with Crippen molar-refractivity contribution in [2.24, 2.45) is 5.92 Å². The van der Waals surface area contributed by atoms with Crippen molar-refractivity contribution in [2.75, 3.05) is 31.7 Å². The SMILES string of the molecule is COc1ccc2cc(CNCc3cccc(C(F)(F)F)c3)c(N3CCCC(CO)C3)nc2c1. The minimum atomic E-state index is -4.36. The van der Waals surface area contributed by atoms with Crippen molar-refractivity contribution in [2.45, 2.75) is 32.1 Å². The van der Waals surface area contributed by atoms with Gasteiger partial charge >= 0.3 is 6.18 Å². The summed E-state index contributed by atoms with van der Waals surface area (Å²) in [6.45, 7) is 2.48. The number of alkyl halides is 3. The number of pyridine rings is 1. The van der Waals surface area contributed by atoms with Crippen LogP contribution in [-0.2, 0) is 19.3 Å². The number of hydrogen-bond donors (Lipinski definition) is 2. The van der Waals surface area contributed by atoms with Gasteiger partial charge < -0.3 is 20.1 Å². The van der Waals surface area contributed by atoms with Gasteiger partial charge in [0.15, 0.2) is 0 Å². The van der Waals surface area contributed by atoms with Crippen LogP contribution in [0.4, 0.5) is 19.0 Å². The fraction of sp³-hybridized carbons (Fsp3) is 0.400. The molecule has 1 aliphatic heterocycles. The number of fused-ring (bicyclic) bond motifs is 1. The number of nitrogens with zero attached hydrogens (tertiary/aromatic N) is 2. The van der Waals surface area contributed by atoms with Crippen molar-refractivity contribution < 1.29 is 23.0 Å². The van der Waals surface area contributed by atoms with Crippen molar-refractivity contribution >= 4 is 16.7 Å². The number of aromatic nitrogens is 1. The molecule has 0 bridgehead atoms. The highest BCUT2D eigenvalue weighted by Gasteiger charge is 2.30. The van der Waals surface area contributed by atoms with Crippen LogP contribution in [0.5, 0.6) is 5.75 Å². The molecule has 1 aliphatic rings. The van der Waals surface area contributed by atoms with E-state index in [1.54, 1.807) is 13.2 Å². The largest absolute Gasteiger partial charge is 0.497 e. The number of piperidine rings is 1. The predicted molar refractivity (Wildman–Crippen MR) is 122 cm³/mol. The highest BCUT2D eigenvalue weighted by atomic mass is 19.4. The first-order valence-electron chi connectivity index (χ1n) is 11.1. The lowest BCUT2D eigenvalue weighted by Crippen LogP contribution is -2.38. The predicted octanol–water partition coefficient (Wildman–Crippen LogP) is 4.76. The van der Waals surface area contributed by atoms with Crippen molar-refractivity contribution in [3.8, 4) is 5.75 Å². The van der Waals surface area contributed by atoms with E-state index < -0.39 is 11.7 Å². The van der Waals surface area contributed by atoms with Gasteiger partial charge in [-0.1, -0.05) is 18.2 Å². The van der Waals surface area contributed by atoms with Crippen LogP contribution in [0, 0.1) is 5.92 Å². The smallest absolute Gasteiger partial charge is 0.416 e. The summed E-state index contributed by atoms with van der Waals surface area (Å²) >= 11 is 0. The molecule has 0 spiro atoms. The molecule has 0 aliphatic carbocycles. The molecule has 0 saturated carbocycles. The first-order chi connectivity index (χ1) is 15.9. The van der Waals surface area contributed by atoms with Gasteiger partial charge in [0.2, 0.25) is 0 Å². The van der Waals surface area contributed by atoms with E-state index in [2.05, 4.69) is 16.3 Å². The van der Waals surface area contributed by atoms with E-state index in [4.69, 9.17) is 9.72 Å². The van der Waals surface area contributed by atoms with Crippen molar-refractivity contribution in [1.29, 1.82) is 0 Å². The number of aliphatic hydroxyl groups is 1. The molecule has 5 nitrogen and oxygen atoms in total. The fourth-order valence-electron chi connectivity index (χ4n) is 4.32. The third-order valence-corrected chi connectivity index (χ3v) is 6.06. The van der Waals surface area contributed by atoms with Crippen LogP contribution in [0.1, 0.15) is 29.5 Å². The second-order valence-electron chi connectivity index (χ2n) is 8.47. The van der Waals surface area contributed by atoms with Gasteiger partial charge in [0.25, 0.3) is 0 Å². The summed E-state index contributed by atoms with van der Waals surface area (Å²) in [6, 6.07) is 13.2. The van der Waals surface area contributed by atoms with Gasteiger partial charge in [-0.15, -0.1) is 0 Å². The summed E-state index contributed by atoms with van der Waals surface area (Å²) in [5, 5.41) is 13.9. The molecule has 3 aromatic rings. The Morgan fingerprint density at radius 2 is 2.00 bits per heavy atom. The van der Waals surface area contributed by atoms with Crippen LogP contribution in [-0.4, -0.2) is 36.9 Å². The molecule has 1 saturated heterocycles. The number of benzene rings is 2. The Balaban J connectivity index is 1.58. The molecule has 0 amide bonds. The van der Waals surface area contributed by atoms with Gasteiger partial charge in [-0.2, -0.15) is 13.2 Å². The summed E-state index contributed by atoms with van der Waals surface area (Å²) in [7, 11) is 1.62. The topological polar surface area (TPSA) is 57.6 Å². The summed E-state index contributed by atoms with van der Waals surface area (Å²) < 4.78 is 44.4. The van der Waals surface area contributed by atoms with Crippen LogP contribution < -0.4 is 15.0 Å². The number of aliphatic hydroxyl groups excluding tert-OH is 1. The maximum absolute atomic E-state index is 13.0. The Morgan fingerprint density at radius 3 is 2.76 bits per heavy atom. The number of rotatable bonds is 7. The molecule has 1 aromatic heterocycles. The minimum absolute atomic E-state index is 0.140. The summed E-state index contributed by atoms with van der Waals surface area (Å²) in [4.78, 5) is 7.12. The monoisotopic (exact) mass is 459 g/mol. The maximum atomic E-state index is 13.0. The molecule has 4 rings (SSSR count). The maximum Gasteiger partial charge on any atom is 0.416 e. The molecule has 176 valence electrons. The van der Waals surface area contributed by atoms with E-state index in [9.17, 15) is 18.3 Å². The summed E-state index contributed by atoms with van der Waals surface area (Å²) in [5.41, 5.74) is 1.71. The van der Waals surface area contributed by atoms with Gasteiger partial charge in [-0.05, 0) is 48.6 Å². The molecule has 1 fully saturated rings. The zero-order chi connectivity index (χ0) is 23.4. The molecule has 2 aromatic carbocycles. The van der Waals surface area contributed by atoms with Gasteiger partial charge in [0, 0.05) is 49.8 Å². The Bertz CT molecular complexity index is 1100. The van der Waals surface area contributed by atoms with Crippen LogP contribution >= 0.6 is 0 Å². The minimum Gasteiger partial charge on any atom is -0.497 e. The Kier molecular flexibility index (Phi) is 7.05. The molecule has 0 radical (unpaired) electrons. The molecule has 2 heterocycles. The zero-order valence-electron chi connectivity index (χ0n) is 18.5. The zero-order valence-corrected chi connectivity index (χ0v) is 18.5. The van der Waals surface area contributed by atoms with Crippen molar-refractivity contribution in [1.82, 2.24) is 10.3 Å². The van der Waals surface area contributed by atoms with Crippen molar-refractivity contribution in [3.63, 3.8) is 0 Å². The number of methoxy groups -OCH3 is 1. The molecule has 2 N–H and O–H groups in total. The van der Waals surface area contributed by atoms with Gasteiger partial charge in [0.05, 0.1) is 18.2 Å². The number of nitrogens with one attached hydrogen (secondary N) is 1. The lowest BCUT2D eigenvalue weighted by Gasteiger charge is -2.34. The fourth-order valence-corrected chi connectivity index (χ4v) is 4.32. The highest BCUT2D eigenvalue weighted by molar-refractivity contribution is 5.83. The molecule has 1 unspecified atom stereocenters. The second kappa shape index (κ2) is 9.97. The molecular weight excluding hydrogens is 431 g/mol. The number of hydrogen-bond acceptors (Lipinski definition) is 5. The Hall–Kier alpha value is -2.84. The molecule has 1 atom stereocenters. The van der Waals surface area contributed by atoms with E-state index in [0.717, 1.165) is 60.0 Å². The van der Waals surface area contributed by atoms with Gasteiger partial charge in [0.1, 0.15) is 11.6 Å². The van der Waals surface area contributed by atoms with Crippen LogP contribution in [0.3, 0.4) is 0 Å². The lowest BCUT2D eigenvalue weighted by molar-refractivity contribution is -0.137. The van der Waals surface area contributed by atoms with Crippen LogP contribution in [0.25, 0.3) is 10.9 Å². The molecular formula is C25H28F3N3O2. The van der Waals surface area contributed by atoms with Crippen LogP contribution in [0.15, 0.2) is 48.5 Å². The summed E-state index contributed by atoms with van der Waals surface area (Å²) in [5.74, 6) is 1.76. The third-order valence-electron chi connectivity index (χ3n) is 6.06. The Morgan fingerprint density at radius 1 is 1.15 bits per heavy atom. The highest BCUT2D eigenvalue weighted by Crippen LogP contribution is 2.31. The third kappa shape index (κ3) is 5.57. The summed E-state index contributed by atoms with van der Waals surface area (Å²) in [6.07, 6.45) is -2.40. The number of halogens is 3. The second-order valence-corrected chi connectivity index (χ2v) is 8.47. The normalized spacial score (nSPS) is 16.9. The average molecular weight is 460 g/mol. The van der Waals surface area contributed by atoms with Gasteiger partial charge in [-0.3, -0.25) is 0 Å². The molecule has 8 heteroatoms. The first kappa shape index (κ1) is 23.3. The quantitative estimate of drug-likeness (QED) is 0.534. The Labute approximate surface area is 191 Å². The van der Waals surface area contributed by atoms with Crippen LogP contribution in [0.2, 0.25) is 0 Å².